The lowest BCUT2D eigenvalue weighted by Gasteiger charge is -2.12. The fourth-order valence-corrected chi connectivity index (χ4v) is 1.34. The molecule has 0 radical (unpaired) electrons. The van der Waals surface area contributed by atoms with Gasteiger partial charge in [-0.3, -0.25) is 4.79 Å². The van der Waals surface area contributed by atoms with Crippen molar-refractivity contribution in [3.05, 3.63) is 17.7 Å². The van der Waals surface area contributed by atoms with Gasteiger partial charge in [0, 0.05) is 27.1 Å². The molecule has 5 nitrogen and oxygen atoms in total. The maximum Gasteiger partial charge on any atom is 0.416 e. The summed E-state index contributed by atoms with van der Waals surface area (Å²) >= 11 is 0. The molecule has 0 aliphatic heterocycles. The number of carbonyl (C=O) groups is 1. The van der Waals surface area contributed by atoms with Gasteiger partial charge in [0.25, 0.3) is 0 Å². The molecule has 0 unspecified atom stereocenters. The summed E-state index contributed by atoms with van der Waals surface area (Å²) in [5.41, 5.74) is -0.797. The summed E-state index contributed by atoms with van der Waals surface area (Å²) in [6.45, 7) is 0.205. The molecule has 0 aliphatic rings. The van der Waals surface area contributed by atoms with E-state index in [9.17, 15) is 18.0 Å². The second-order valence-corrected chi connectivity index (χ2v) is 3.72. The Balaban J connectivity index is 2.80. The number of nitrogens with one attached hydrogen (secondary N) is 3. The molecule has 0 bridgehead atoms. The third kappa shape index (κ3) is 4.65. The molecule has 0 spiro atoms. The van der Waals surface area contributed by atoms with Crippen molar-refractivity contribution >= 4 is 17.5 Å². The lowest BCUT2D eigenvalue weighted by Crippen LogP contribution is -2.21. The highest BCUT2D eigenvalue weighted by Crippen LogP contribution is 2.31. The zero-order valence-electron chi connectivity index (χ0n) is 10.6. The van der Waals surface area contributed by atoms with Gasteiger partial charge in [-0.2, -0.15) is 13.2 Å². The zero-order valence-corrected chi connectivity index (χ0v) is 10.6. The van der Waals surface area contributed by atoms with E-state index in [1.807, 2.05) is 0 Å². The molecule has 0 atom stereocenters. The first-order valence-corrected chi connectivity index (χ1v) is 5.58. The van der Waals surface area contributed by atoms with Crippen LogP contribution in [0.15, 0.2) is 12.1 Å². The van der Waals surface area contributed by atoms with E-state index in [-0.39, 0.29) is 30.5 Å². The molecular formula is C11H15F3N4O. The number of hydrogen-bond acceptors (Lipinski definition) is 4. The van der Waals surface area contributed by atoms with E-state index in [0.29, 0.717) is 0 Å². The van der Waals surface area contributed by atoms with Gasteiger partial charge in [-0.1, -0.05) is 0 Å². The highest BCUT2D eigenvalue weighted by molar-refractivity contribution is 5.76. The monoisotopic (exact) mass is 276 g/mol. The highest BCUT2D eigenvalue weighted by atomic mass is 19.4. The number of nitrogens with zero attached hydrogens (tertiary/aromatic N) is 1. The van der Waals surface area contributed by atoms with Crippen LogP contribution in [-0.2, 0) is 11.0 Å². The smallest absolute Gasteiger partial charge is 0.373 e. The largest absolute Gasteiger partial charge is 0.416 e. The van der Waals surface area contributed by atoms with Crippen LogP contribution in [0.4, 0.5) is 24.8 Å². The van der Waals surface area contributed by atoms with Gasteiger partial charge in [0.05, 0.1) is 5.56 Å². The number of carbonyl (C=O) groups excluding carboxylic acids is 1. The Kier molecular flexibility index (Phi) is 4.96. The van der Waals surface area contributed by atoms with Crippen molar-refractivity contribution in [1.82, 2.24) is 10.3 Å². The Morgan fingerprint density at radius 2 is 1.89 bits per heavy atom. The summed E-state index contributed by atoms with van der Waals surface area (Å²) in [6.07, 6.45) is -4.28. The number of anilines is 2. The Hall–Kier alpha value is -1.99. The van der Waals surface area contributed by atoms with Crippen LogP contribution in [0.5, 0.6) is 0 Å². The predicted molar refractivity (Wildman–Crippen MR) is 66.0 cm³/mol. The van der Waals surface area contributed by atoms with Gasteiger partial charge >= 0.3 is 6.18 Å². The quantitative estimate of drug-likeness (QED) is 0.765. The molecule has 1 heterocycles. The van der Waals surface area contributed by atoms with Crippen molar-refractivity contribution in [2.24, 2.45) is 0 Å². The van der Waals surface area contributed by atoms with Gasteiger partial charge in [0.1, 0.15) is 11.6 Å². The fraction of sp³-hybridized carbons (Fsp3) is 0.455. The van der Waals surface area contributed by atoms with E-state index >= 15 is 0 Å². The lowest BCUT2D eigenvalue weighted by molar-refractivity contribution is -0.137. The molecule has 3 N–H and O–H groups in total. The first kappa shape index (κ1) is 15.1. The van der Waals surface area contributed by atoms with E-state index in [4.69, 9.17) is 0 Å². The van der Waals surface area contributed by atoms with E-state index in [2.05, 4.69) is 20.9 Å². The molecule has 106 valence electrons. The topological polar surface area (TPSA) is 66.1 Å². The molecule has 1 aromatic rings. The van der Waals surface area contributed by atoms with E-state index < -0.39 is 11.7 Å². The average Bonchev–Trinajstić information content (AvgIpc) is 2.37. The van der Waals surface area contributed by atoms with Crippen LogP contribution in [0.2, 0.25) is 0 Å². The zero-order chi connectivity index (χ0) is 14.5. The Labute approximate surface area is 108 Å². The van der Waals surface area contributed by atoms with E-state index in [1.54, 1.807) is 0 Å². The minimum Gasteiger partial charge on any atom is -0.373 e. The minimum atomic E-state index is -4.44. The Bertz CT molecular complexity index is 448. The SMILES string of the molecule is CNC(=O)CCNc1cc(C(F)(F)F)cc(NC)n1. The number of aromatic nitrogens is 1. The molecule has 1 amide bonds. The lowest BCUT2D eigenvalue weighted by atomic mass is 10.2. The Morgan fingerprint density at radius 3 is 2.42 bits per heavy atom. The van der Waals surface area contributed by atoms with Crippen LogP contribution >= 0.6 is 0 Å². The molecule has 19 heavy (non-hydrogen) atoms. The predicted octanol–water partition coefficient (Wildman–Crippen LogP) is 1.69. The van der Waals surface area contributed by atoms with Crippen molar-refractivity contribution in [1.29, 1.82) is 0 Å². The number of pyridine rings is 1. The van der Waals surface area contributed by atoms with Crippen LogP contribution < -0.4 is 16.0 Å². The molecule has 0 saturated carbocycles. The standard InChI is InChI=1S/C11H15F3N4O/c1-15-8-5-7(11(12,13)14)6-9(18-8)17-4-3-10(19)16-2/h5-6H,3-4H2,1-2H3,(H,16,19)(H2,15,17,18). The summed E-state index contributed by atoms with van der Waals surface area (Å²) in [4.78, 5) is 14.9. The van der Waals surface area contributed by atoms with Crippen molar-refractivity contribution in [3.63, 3.8) is 0 Å². The first-order valence-electron chi connectivity index (χ1n) is 5.58. The van der Waals surface area contributed by atoms with Crippen molar-refractivity contribution in [2.75, 3.05) is 31.3 Å². The second kappa shape index (κ2) is 6.26. The van der Waals surface area contributed by atoms with Gasteiger partial charge in [-0.05, 0) is 12.1 Å². The minimum absolute atomic E-state index is 0.0723. The number of rotatable bonds is 5. The summed E-state index contributed by atoms with van der Waals surface area (Å²) in [5.74, 6) is -0.0198. The fourth-order valence-electron chi connectivity index (χ4n) is 1.34. The van der Waals surface area contributed by atoms with Gasteiger partial charge in [0.2, 0.25) is 5.91 Å². The van der Waals surface area contributed by atoms with Crippen LogP contribution in [0.25, 0.3) is 0 Å². The number of halogens is 3. The van der Waals surface area contributed by atoms with Crippen molar-refractivity contribution in [3.8, 4) is 0 Å². The molecule has 0 saturated heterocycles. The molecule has 1 rings (SSSR count). The highest BCUT2D eigenvalue weighted by Gasteiger charge is 2.31. The average molecular weight is 276 g/mol. The van der Waals surface area contributed by atoms with Gasteiger partial charge in [-0.15, -0.1) is 0 Å². The molecule has 0 aromatic carbocycles. The van der Waals surface area contributed by atoms with E-state index in [1.165, 1.54) is 14.1 Å². The summed E-state index contributed by atoms with van der Waals surface area (Å²) < 4.78 is 37.9. The van der Waals surface area contributed by atoms with Gasteiger partial charge < -0.3 is 16.0 Å². The molecular weight excluding hydrogens is 261 g/mol. The van der Waals surface area contributed by atoms with Crippen molar-refractivity contribution < 1.29 is 18.0 Å². The van der Waals surface area contributed by atoms with Crippen LogP contribution in [0, 0.1) is 0 Å². The van der Waals surface area contributed by atoms with Crippen molar-refractivity contribution in [2.45, 2.75) is 12.6 Å². The Morgan fingerprint density at radius 1 is 1.26 bits per heavy atom. The summed E-state index contributed by atoms with van der Waals surface area (Å²) in [7, 11) is 2.97. The first-order chi connectivity index (χ1) is 8.86. The molecule has 0 aliphatic carbocycles. The van der Waals surface area contributed by atoms with Crippen LogP contribution in [-0.4, -0.2) is 31.5 Å². The van der Waals surface area contributed by atoms with Crippen LogP contribution in [0.1, 0.15) is 12.0 Å². The molecule has 0 fully saturated rings. The third-order valence-electron chi connectivity index (χ3n) is 2.35. The van der Waals surface area contributed by atoms with E-state index in [0.717, 1.165) is 12.1 Å². The molecule has 8 heteroatoms. The maximum atomic E-state index is 12.6. The summed E-state index contributed by atoms with van der Waals surface area (Å²) in [6, 6.07) is 1.83. The third-order valence-corrected chi connectivity index (χ3v) is 2.35. The maximum absolute atomic E-state index is 12.6. The summed E-state index contributed by atoms with van der Waals surface area (Å²) in [5, 5.41) is 7.66. The second-order valence-electron chi connectivity index (χ2n) is 3.72. The van der Waals surface area contributed by atoms with Gasteiger partial charge in [-0.25, -0.2) is 4.98 Å². The number of hydrogen-bond donors (Lipinski definition) is 3. The molecule has 1 aromatic heterocycles. The van der Waals surface area contributed by atoms with Crippen LogP contribution in [0.3, 0.4) is 0 Å². The van der Waals surface area contributed by atoms with Gasteiger partial charge in [0.15, 0.2) is 0 Å². The number of amides is 1. The normalized spacial score (nSPS) is 11.0. The number of alkyl halides is 3.